The van der Waals surface area contributed by atoms with Crippen LogP contribution in [0, 0.1) is 20.2 Å². The van der Waals surface area contributed by atoms with Crippen LogP contribution in [0.5, 0.6) is 0 Å². The number of benzene rings is 4. The zero-order valence-electron chi connectivity index (χ0n) is 16.4. The fraction of sp³-hybridized carbons (Fsp3) is 0. The number of carboxylic acid groups (broad SMARTS) is 2. The number of rotatable bonds is 4. The van der Waals surface area contributed by atoms with Crippen LogP contribution < -0.4 is 10.2 Å². The van der Waals surface area contributed by atoms with Crippen molar-refractivity contribution < 1.29 is 46.7 Å². The number of fused-ring (bicyclic) bond motifs is 2. The predicted octanol–water partition coefficient (Wildman–Crippen LogP) is 2.22. The average Bonchev–Trinajstić information content (AvgIpc) is 2.77. The van der Waals surface area contributed by atoms with Gasteiger partial charge < -0.3 is 19.8 Å². The summed E-state index contributed by atoms with van der Waals surface area (Å²) in [5.74, 6) is -3.08. The minimum Gasteiger partial charge on any atom is -0.545 e. The zero-order chi connectivity index (χ0) is 23.4. The molecule has 169 valence electrons. The van der Waals surface area contributed by atoms with Crippen LogP contribution in [0.3, 0.4) is 0 Å². The third-order valence-electron chi connectivity index (χ3n) is 4.62. The van der Waals surface area contributed by atoms with Crippen LogP contribution in [0.15, 0.2) is 72.8 Å². The standard InChI is InChI=1S/2C11H7NO4.Cu/c2*13-11(14)10-8-4-2-1-3-7(8)5-6-9(10)12(15)16;/h2*1-6H,(H,13,14);/q;;+2/p-2. The molecule has 0 N–H and O–H groups in total. The molecule has 0 aliphatic heterocycles. The molecular formula is C22H12CuN2O8. The minimum atomic E-state index is -1.54. The Morgan fingerprint density at radius 3 is 1.21 bits per heavy atom. The van der Waals surface area contributed by atoms with Gasteiger partial charge in [-0.15, -0.1) is 0 Å². The van der Waals surface area contributed by atoms with Crippen molar-refractivity contribution in [1.29, 1.82) is 0 Å². The summed E-state index contributed by atoms with van der Waals surface area (Å²) in [6, 6.07) is 18.5. The third kappa shape index (κ3) is 5.12. The van der Waals surface area contributed by atoms with Crippen molar-refractivity contribution in [2.45, 2.75) is 0 Å². The van der Waals surface area contributed by atoms with E-state index in [1.807, 2.05) is 0 Å². The molecule has 0 aliphatic rings. The fourth-order valence-corrected chi connectivity index (χ4v) is 3.25. The van der Waals surface area contributed by atoms with E-state index in [9.17, 15) is 40.0 Å². The summed E-state index contributed by atoms with van der Waals surface area (Å²) in [7, 11) is 0. The summed E-state index contributed by atoms with van der Waals surface area (Å²) in [6.45, 7) is 0. The number of hydrogen-bond acceptors (Lipinski definition) is 8. The first kappa shape index (κ1) is 24.9. The third-order valence-corrected chi connectivity index (χ3v) is 4.62. The topological polar surface area (TPSA) is 167 Å². The van der Waals surface area contributed by atoms with E-state index in [2.05, 4.69) is 0 Å². The Bertz CT molecular complexity index is 1300. The van der Waals surface area contributed by atoms with Crippen molar-refractivity contribution in [3.63, 3.8) is 0 Å². The van der Waals surface area contributed by atoms with Gasteiger partial charge in [-0.25, -0.2) is 0 Å². The average molecular weight is 496 g/mol. The number of carbonyl (C=O) groups is 2. The zero-order valence-corrected chi connectivity index (χ0v) is 17.3. The van der Waals surface area contributed by atoms with Gasteiger partial charge >= 0.3 is 17.1 Å². The van der Waals surface area contributed by atoms with E-state index in [0.29, 0.717) is 21.5 Å². The molecule has 0 unspecified atom stereocenters. The van der Waals surface area contributed by atoms with Gasteiger partial charge in [0.2, 0.25) is 0 Å². The van der Waals surface area contributed by atoms with Gasteiger partial charge in [0, 0.05) is 12.1 Å². The molecule has 0 saturated carbocycles. The van der Waals surface area contributed by atoms with Gasteiger partial charge in [-0.05, 0) is 33.7 Å². The summed E-state index contributed by atoms with van der Waals surface area (Å²) in [5, 5.41) is 45.1. The Labute approximate surface area is 195 Å². The smallest absolute Gasteiger partial charge is 0.545 e. The predicted molar refractivity (Wildman–Crippen MR) is 110 cm³/mol. The molecular weight excluding hydrogens is 484 g/mol. The number of aromatic carboxylic acids is 2. The van der Waals surface area contributed by atoms with Crippen LogP contribution in [0.1, 0.15) is 20.7 Å². The first-order valence-electron chi connectivity index (χ1n) is 8.97. The molecule has 33 heavy (non-hydrogen) atoms. The number of carbonyl (C=O) groups excluding carboxylic acids is 2. The summed E-state index contributed by atoms with van der Waals surface area (Å²) < 4.78 is 0. The van der Waals surface area contributed by atoms with Crippen molar-refractivity contribution in [2.75, 3.05) is 0 Å². The Morgan fingerprint density at radius 1 is 0.576 bits per heavy atom. The Morgan fingerprint density at radius 2 is 0.909 bits per heavy atom. The number of carboxylic acids is 2. The summed E-state index contributed by atoms with van der Waals surface area (Å²) >= 11 is 0. The SMILES string of the molecule is O=C([O-])c1c([N+](=O)[O-])ccc2ccccc12.O=C([O-])c1c([N+](=O)[O-])ccc2ccccc12.[Cu+2]. The molecule has 0 saturated heterocycles. The molecule has 11 heteroatoms. The molecule has 10 nitrogen and oxygen atoms in total. The Kier molecular flexibility index (Phi) is 7.79. The molecule has 4 aromatic carbocycles. The van der Waals surface area contributed by atoms with Crippen LogP contribution in [0.25, 0.3) is 21.5 Å². The van der Waals surface area contributed by atoms with Crippen molar-refractivity contribution in [3.8, 4) is 0 Å². The van der Waals surface area contributed by atoms with Crippen molar-refractivity contribution in [2.24, 2.45) is 0 Å². The van der Waals surface area contributed by atoms with Gasteiger partial charge in [0.05, 0.1) is 32.9 Å². The van der Waals surface area contributed by atoms with Crippen LogP contribution in [-0.2, 0) is 17.1 Å². The van der Waals surface area contributed by atoms with Gasteiger partial charge in [-0.2, -0.15) is 0 Å². The van der Waals surface area contributed by atoms with Crippen LogP contribution in [-0.4, -0.2) is 21.8 Å². The molecule has 0 aromatic heterocycles. The maximum atomic E-state index is 10.9. The molecule has 0 bridgehead atoms. The van der Waals surface area contributed by atoms with E-state index in [1.54, 1.807) is 36.4 Å². The van der Waals surface area contributed by atoms with Gasteiger partial charge in [0.1, 0.15) is 0 Å². The Balaban J connectivity index is 0.000000227. The molecule has 0 aliphatic carbocycles. The van der Waals surface area contributed by atoms with Crippen LogP contribution in [0.2, 0.25) is 0 Å². The van der Waals surface area contributed by atoms with Crippen LogP contribution >= 0.6 is 0 Å². The van der Waals surface area contributed by atoms with E-state index in [-0.39, 0.29) is 28.2 Å². The quantitative estimate of drug-likeness (QED) is 0.236. The van der Waals surface area contributed by atoms with Crippen molar-refractivity contribution in [3.05, 3.63) is 104 Å². The first-order valence-corrected chi connectivity index (χ1v) is 8.97. The summed E-state index contributed by atoms with van der Waals surface area (Å²) in [5.41, 5.74) is -1.64. The molecule has 0 fully saturated rings. The van der Waals surface area contributed by atoms with Crippen molar-refractivity contribution >= 4 is 44.9 Å². The summed E-state index contributed by atoms with van der Waals surface area (Å²) in [4.78, 5) is 41.8. The maximum Gasteiger partial charge on any atom is 2.00 e. The second-order valence-electron chi connectivity index (χ2n) is 6.45. The number of nitro benzene ring substituents is 2. The fourth-order valence-electron chi connectivity index (χ4n) is 3.25. The van der Waals surface area contributed by atoms with Gasteiger partial charge in [-0.1, -0.05) is 48.5 Å². The molecule has 0 amide bonds. The van der Waals surface area contributed by atoms with E-state index >= 15 is 0 Å². The van der Waals surface area contributed by atoms with Crippen LogP contribution in [0.4, 0.5) is 11.4 Å². The number of nitro groups is 2. The molecule has 0 atom stereocenters. The van der Waals surface area contributed by atoms with E-state index in [1.165, 1.54) is 36.4 Å². The molecule has 4 rings (SSSR count). The molecule has 0 spiro atoms. The maximum absolute atomic E-state index is 10.9. The molecule has 1 radical (unpaired) electrons. The second kappa shape index (κ2) is 10.3. The van der Waals surface area contributed by atoms with Crippen molar-refractivity contribution in [1.82, 2.24) is 0 Å². The monoisotopic (exact) mass is 495 g/mol. The van der Waals surface area contributed by atoms with Gasteiger partial charge in [0.15, 0.2) is 0 Å². The normalized spacial score (nSPS) is 9.94. The van der Waals surface area contributed by atoms with Gasteiger partial charge in [0.25, 0.3) is 11.4 Å². The van der Waals surface area contributed by atoms with E-state index in [0.717, 1.165) is 0 Å². The second-order valence-corrected chi connectivity index (χ2v) is 6.45. The number of nitrogens with zero attached hydrogens (tertiary/aromatic N) is 2. The summed E-state index contributed by atoms with van der Waals surface area (Å²) in [6.07, 6.45) is 0. The first-order chi connectivity index (χ1) is 15.2. The molecule has 0 heterocycles. The number of hydrogen-bond donors (Lipinski definition) is 0. The minimum absolute atomic E-state index is 0. The van der Waals surface area contributed by atoms with E-state index < -0.39 is 33.2 Å². The Hall–Kier alpha value is -4.34. The van der Waals surface area contributed by atoms with Gasteiger partial charge in [-0.3, -0.25) is 20.2 Å². The molecule has 4 aromatic rings. The largest absolute Gasteiger partial charge is 2.00 e. The van der Waals surface area contributed by atoms with E-state index in [4.69, 9.17) is 0 Å².